The van der Waals surface area contributed by atoms with Crippen molar-refractivity contribution in [2.45, 2.75) is 45.3 Å². The fourth-order valence-electron chi connectivity index (χ4n) is 2.58. The molecule has 0 N–H and O–H groups in total. The number of hydrogen-bond donors (Lipinski definition) is 0. The van der Waals surface area contributed by atoms with Gasteiger partial charge in [-0.3, -0.25) is 9.69 Å². The Hall–Kier alpha value is -2.02. The third-order valence-corrected chi connectivity index (χ3v) is 3.83. The average Bonchev–Trinajstić information content (AvgIpc) is 2.53. The third-order valence-electron chi connectivity index (χ3n) is 3.83. The molecule has 7 heteroatoms. The Bertz CT molecular complexity index is 655. The van der Waals surface area contributed by atoms with E-state index in [0.717, 1.165) is 11.0 Å². The predicted octanol–water partition coefficient (Wildman–Crippen LogP) is 3.62. The highest BCUT2D eigenvalue weighted by Crippen LogP contribution is 2.37. The van der Waals surface area contributed by atoms with Crippen LogP contribution in [0.2, 0.25) is 0 Å². The summed E-state index contributed by atoms with van der Waals surface area (Å²) in [6.07, 6.45) is -0.803. The molecule has 0 radical (unpaired) electrons. The predicted molar refractivity (Wildman–Crippen MR) is 87.9 cm³/mol. The molecule has 25 heavy (non-hydrogen) atoms. The van der Waals surface area contributed by atoms with Gasteiger partial charge in [0, 0.05) is 17.7 Å². The van der Waals surface area contributed by atoms with Crippen LogP contribution < -0.4 is 0 Å². The Balaban J connectivity index is 2.32. The zero-order chi connectivity index (χ0) is 18.8. The Morgan fingerprint density at radius 1 is 1.28 bits per heavy atom. The third kappa shape index (κ3) is 4.54. The zero-order valence-electron chi connectivity index (χ0n) is 14.8. The van der Waals surface area contributed by atoms with E-state index in [0.29, 0.717) is 0 Å². The second-order valence-corrected chi connectivity index (χ2v) is 7.02. The molecule has 1 aromatic rings. The first-order chi connectivity index (χ1) is 11.5. The maximum Gasteiger partial charge on any atom is 0.410 e. The number of carbonyl (C=O) groups is 2. The number of nitrogens with zero attached hydrogens (tertiary/aromatic N) is 1. The smallest absolute Gasteiger partial charge is 0.410 e. The Labute approximate surface area is 145 Å². The van der Waals surface area contributed by atoms with E-state index in [1.165, 1.54) is 25.1 Å². The lowest BCUT2D eigenvalue weighted by molar-refractivity contribution is -0.137. The normalized spacial score (nSPS) is 18.8. The molecule has 0 saturated carbocycles. The van der Waals surface area contributed by atoms with Crippen LogP contribution in [0.5, 0.6) is 0 Å². The van der Waals surface area contributed by atoms with Crippen LogP contribution in [0.3, 0.4) is 0 Å². The van der Waals surface area contributed by atoms with Gasteiger partial charge in [-0.2, -0.15) is 8.78 Å². The maximum atomic E-state index is 15.1. The van der Waals surface area contributed by atoms with Crippen LogP contribution in [0.4, 0.5) is 13.6 Å². The van der Waals surface area contributed by atoms with E-state index in [4.69, 9.17) is 9.47 Å². The summed E-state index contributed by atoms with van der Waals surface area (Å²) >= 11 is 0. The van der Waals surface area contributed by atoms with Crippen LogP contribution in [-0.4, -0.2) is 48.2 Å². The van der Waals surface area contributed by atoms with Crippen molar-refractivity contribution in [2.24, 2.45) is 0 Å². The molecule has 0 aromatic heterocycles. The Morgan fingerprint density at radius 3 is 2.56 bits per heavy atom. The highest BCUT2D eigenvalue weighted by atomic mass is 19.3. The van der Waals surface area contributed by atoms with Crippen molar-refractivity contribution in [3.05, 3.63) is 35.4 Å². The lowest BCUT2D eigenvalue weighted by Gasteiger charge is -2.40. The quantitative estimate of drug-likeness (QED) is 0.777. The van der Waals surface area contributed by atoms with Crippen LogP contribution >= 0.6 is 0 Å². The summed E-state index contributed by atoms with van der Waals surface area (Å²) in [6, 6.07) is 3.78. The molecule has 1 aliphatic rings. The molecule has 5 nitrogen and oxygen atoms in total. The molecule has 0 aliphatic carbocycles. The van der Waals surface area contributed by atoms with Gasteiger partial charge in [0.25, 0.3) is 5.92 Å². The maximum absolute atomic E-state index is 15.1. The summed E-state index contributed by atoms with van der Waals surface area (Å²) in [5.74, 6) is -3.69. The largest absolute Gasteiger partial charge is 0.444 e. The minimum absolute atomic E-state index is 0.0154. The van der Waals surface area contributed by atoms with Gasteiger partial charge in [-0.15, -0.1) is 0 Å². The van der Waals surface area contributed by atoms with E-state index < -0.39 is 23.7 Å². The van der Waals surface area contributed by atoms with Crippen LogP contribution in [0, 0.1) is 0 Å². The first kappa shape index (κ1) is 19.3. The SMILES string of the molecule is CC(=O)c1cccc(C(F)(F)C2COCCN2C(=O)OC(C)(C)C)c1. The van der Waals surface area contributed by atoms with E-state index in [1.54, 1.807) is 20.8 Å². The summed E-state index contributed by atoms with van der Waals surface area (Å²) in [7, 11) is 0. The number of halogens is 2. The van der Waals surface area contributed by atoms with E-state index in [9.17, 15) is 9.59 Å². The summed E-state index contributed by atoms with van der Waals surface area (Å²) in [6.45, 7) is 6.21. The van der Waals surface area contributed by atoms with Crippen molar-refractivity contribution in [1.82, 2.24) is 4.90 Å². The topological polar surface area (TPSA) is 55.8 Å². The lowest BCUT2D eigenvalue weighted by atomic mass is 9.97. The molecular weight excluding hydrogens is 332 g/mol. The molecular formula is C18H23F2NO4. The Morgan fingerprint density at radius 2 is 1.96 bits per heavy atom. The van der Waals surface area contributed by atoms with Gasteiger partial charge in [-0.05, 0) is 33.8 Å². The molecule has 0 spiro atoms. The minimum atomic E-state index is -3.39. The molecule has 1 aromatic carbocycles. The molecule has 1 saturated heterocycles. The van der Waals surface area contributed by atoms with Gasteiger partial charge in [-0.1, -0.05) is 18.2 Å². The number of amides is 1. The number of rotatable bonds is 3. The molecule has 2 rings (SSSR count). The number of carbonyl (C=O) groups excluding carboxylic acids is 2. The summed E-state index contributed by atoms with van der Waals surface area (Å²) in [5, 5.41) is 0. The number of hydrogen-bond acceptors (Lipinski definition) is 4. The van der Waals surface area contributed by atoms with Crippen molar-refractivity contribution in [1.29, 1.82) is 0 Å². The number of ketones is 1. The average molecular weight is 355 g/mol. The number of morpholine rings is 1. The van der Waals surface area contributed by atoms with E-state index in [2.05, 4.69) is 0 Å². The Kier molecular flexibility index (Phi) is 5.46. The van der Waals surface area contributed by atoms with Crippen molar-refractivity contribution in [3.8, 4) is 0 Å². The fourth-order valence-corrected chi connectivity index (χ4v) is 2.58. The van der Waals surface area contributed by atoms with Crippen molar-refractivity contribution in [3.63, 3.8) is 0 Å². The van der Waals surface area contributed by atoms with Crippen LogP contribution in [-0.2, 0) is 15.4 Å². The minimum Gasteiger partial charge on any atom is -0.444 e. The number of ether oxygens (including phenoxy) is 2. The van der Waals surface area contributed by atoms with Gasteiger partial charge in [0.1, 0.15) is 11.6 Å². The fraction of sp³-hybridized carbons (Fsp3) is 0.556. The first-order valence-electron chi connectivity index (χ1n) is 8.09. The highest BCUT2D eigenvalue weighted by molar-refractivity contribution is 5.94. The van der Waals surface area contributed by atoms with E-state index in [-0.39, 0.29) is 36.7 Å². The van der Waals surface area contributed by atoms with E-state index in [1.807, 2.05) is 0 Å². The van der Waals surface area contributed by atoms with Crippen molar-refractivity contribution < 1.29 is 27.8 Å². The van der Waals surface area contributed by atoms with Gasteiger partial charge in [-0.25, -0.2) is 4.79 Å². The first-order valence-corrected chi connectivity index (χ1v) is 8.09. The molecule has 138 valence electrons. The van der Waals surface area contributed by atoms with E-state index >= 15 is 8.78 Å². The van der Waals surface area contributed by atoms with Gasteiger partial charge < -0.3 is 9.47 Å². The van der Waals surface area contributed by atoms with Crippen LogP contribution in [0.1, 0.15) is 43.6 Å². The van der Waals surface area contributed by atoms with Gasteiger partial charge in [0.15, 0.2) is 5.78 Å². The van der Waals surface area contributed by atoms with Crippen LogP contribution in [0.15, 0.2) is 24.3 Å². The number of Topliss-reactive ketones (excluding diaryl/α,β-unsaturated/α-hetero) is 1. The molecule has 1 atom stereocenters. The molecule has 1 aliphatic heterocycles. The van der Waals surface area contributed by atoms with Crippen molar-refractivity contribution in [2.75, 3.05) is 19.8 Å². The van der Waals surface area contributed by atoms with Gasteiger partial charge >= 0.3 is 6.09 Å². The molecule has 1 heterocycles. The molecule has 1 unspecified atom stereocenters. The lowest BCUT2D eigenvalue weighted by Crippen LogP contribution is -2.56. The highest BCUT2D eigenvalue weighted by Gasteiger charge is 2.49. The number of benzene rings is 1. The monoisotopic (exact) mass is 355 g/mol. The second kappa shape index (κ2) is 7.07. The second-order valence-electron chi connectivity index (χ2n) is 7.02. The standard InChI is InChI=1S/C18H23F2NO4/c1-12(22)13-6-5-7-14(10-13)18(19,20)15-11-24-9-8-21(15)16(23)25-17(2,3)4/h5-7,10,15H,8-9,11H2,1-4H3. The van der Waals surface area contributed by atoms with Gasteiger partial charge in [0.2, 0.25) is 0 Å². The molecule has 1 amide bonds. The summed E-state index contributed by atoms with van der Waals surface area (Å²) < 4.78 is 40.6. The molecule has 0 bridgehead atoms. The van der Waals surface area contributed by atoms with Crippen LogP contribution in [0.25, 0.3) is 0 Å². The number of alkyl halides is 2. The summed E-state index contributed by atoms with van der Waals surface area (Å²) in [5.41, 5.74) is -0.925. The zero-order valence-corrected chi connectivity index (χ0v) is 14.8. The molecule has 1 fully saturated rings. The summed E-state index contributed by atoms with van der Waals surface area (Å²) in [4.78, 5) is 24.8. The van der Waals surface area contributed by atoms with Crippen molar-refractivity contribution >= 4 is 11.9 Å². The van der Waals surface area contributed by atoms with Gasteiger partial charge in [0.05, 0.1) is 13.2 Å².